The van der Waals surface area contributed by atoms with E-state index in [1.165, 1.54) is 0 Å². The van der Waals surface area contributed by atoms with Crippen molar-refractivity contribution in [3.8, 4) is 0 Å². The molecule has 0 spiro atoms. The van der Waals surface area contributed by atoms with Crippen LogP contribution in [0.25, 0.3) is 0 Å². The van der Waals surface area contributed by atoms with Gasteiger partial charge >= 0.3 is 0 Å². The lowest BCUT2D eigenvalue weighted by atomic mass is 9.91. The van der Waals surface area contributed by atoms with Crippen molar-refractivity contribution in [2.45, 2.75) is 51.4 Å². The molecule has 16 heavy (non-hydrogen) atoms. The molecule has 4 nitrogen and oxygen atoms in total. The predicted octanol–water partition coefficient (Wildman–Crippen LogP) is 0.769. The molecule has 0 amide bonds. The molecule has 1 aliphatic rings. The molecule has 1 saturated heterocycles. The highest BCUT2D eigenvalue weighted by molar-refractivity contribution is 4.82. The first-order chi connectivity index (χ1) is 7.67. The van der Waals surface area contributed by atoms with E-state index in [4.69, 9.17) is 14.9 Å². The second-order valence-corrected chi connectivity index (χ2v) is 4.51. The summed E-state index contributed by atoms with van der Waals surface area (Å²) in [4.78, 5) is 0. The first kappa shape index (κ1) is 15.8. The van der Waals surface area contributed by atoms with Crippen LogP contribution < -0.4 is 5.32 Å². The summed E-state index contributed by atoms with van der Waals surface area (Å²) >= 11 is 0. The standard InChI is InChI=1S/C11H23NO2.CH4O/c1-8(2)11-7-9(12-3)6-10(14-11)4-5-13;1-2/h8-13H,4-7H2,1-3H3;2H,1H3/t9-,10+,11?;/m0./s1. The molecule has 3 N–H and O–H groups in total. The quantitative estimate of drug-likeness (QED) is 0.671. The second-order valence-electron chi connectivity index (χ2n) is 4.51. The van der Waals surface area contributed by atoms with E-state index in [2.05, 4.69) is 19.2 Å². The van der Waals surface area contributed by atoms with Crippen LogP contribution in [0.3, 0.4) is 0 Å². The molecule has 3 atom stereocenters. The molecule has 0 radical (unpaired) electrons. The van der Waals surface area contributed by atoms with E-state index in [9.17, 15) is 0 Å². The molecule has 1 heterocycles. The minimum absolute atomic E-state index is 0.228. The maximum absolute atomic E-state index is 8.90. The first-order valence-electron chi connectivity index (χ1n) is 6.05. The van der Waals surface area contributed by atoms with Gasteiger partial charge in [0.25, 0.3) is 0 Å². The van der Waals surface area contributed by atoms with Crippen LogP contribution in [0.15, 0.2) is 0 Å². The summed E-state index contributed by atoms with van der Waals surface area (Å²) in [5, 5.41) is 19.2. The molecule has 0 aliphatic carbocycles. The molecule has 1 fully saturated rings. The summed E-state index contributed by atoms with van der Waals surface area (Å²) in [5.41, 5.74) is 0. The third kappa shape index (κ3) is 5.25. The van der Waals surface area contributed by atoms with Gasteiger partial charge in [-0.2, -0.15) is 0 Å². The van der Waals surface area contributed by atoms with E-state index in [-0.39, 0.29) is 12.7 Å². The van der Waals surface area contributed by atoms with Gasteiger partial charge in [0.05, 0.1) is 12.2 Å². The third-order valence-corrected chi connectivity index (χ3v) is 3.03. The Hall–Kier alpha value is -0.160. The lowest BCUT2D eigenvalue weighted by molar-refractivity contribution is -0.0874. The van der Waals surface area contributed by atoms with Crippen LogP contribution >= 0.6 is 0 Å². The maximum atomic E-state index is 8.90. The van der Waals surface area contributed by atoms with Crippen molar-refractivity contribution in [2.24, 2.45) is 5.92 Å². The molecule has 1 unspecified atom stereocenters. The molecular formula is C12H27NO3. The van der Waals surface area contributed by atoms with Crippen LogP contribution in [0, 0.1) is 5.92 Å². The summed E-state index contributed by atoms with van der Waals surface area (Å²) in [5.74, 6) is 0.562. The zero-order valence-electron chi connectivity index (χ0n) is 10.9. The molecule has 1 aliphatic heterocycles. The van der Waals surface area contributed by atoms with Crippen LogP contribution in [0.1, 0.15) is 33.1 Å². The monoisotopic (exact) mass is 233 g/mol. The smallest absolute Gasteiger partial charge is 0.0616 e. The predicted molar refractivity (Wildman–Crippen MR) is 65.4 cm³/mol. The van der Waals surface area contributed by atoms with Gasteiger partial charge in [0.1, 0.15) is 0 Å². The summed E-state index contributed by atoms with van der Waals surface area (Å²) in [6.07, 6.45) is 3.47. The van der Waals surface area contributed by atoms with Crippen molar-refractivity contribution < 1.29 is 14.9 Å². The summed E-state index contributed by atoms with van der Waals surface area (Å²) in [7, 11) is 3.00. The fourth-order valence-electron chi connectivity index (χ4n) is 2.05. The zero-order chi connectivity index (χ0) is 12.6. The van der Waals surface area contributed by atoms with Crippen LogP contribution in [0.4, 0.5) is 0 Å². The highest BCUT2D eigenvalue weighted by Gasteiger charge is 2.29. The minimum atomic E-state index is 0.228. The highest BCUT2D eigenvalue weighted by Crippen LogP contribution is 2.25. The second kappa shape index (κ2) is 8.93. The van der Waals surface area contributed by atoms with Crippen molar-refractivity contribution in [2.75, 3.05) is 20.8 Å². The van der Waals surface area contributed by atoms with E-state index < -0.39 is 0 Å². The third-order valence-electron chi connectivity index (χ3n) is 3.03. The van der Waals surface area contributed by atoms with Crippen molar-refractivity contribution in [1.29, 1.82) is 0 Å². The van der Waals surface area contributed by atoms with Gasteiger partial charge in [-0.1, -0.05) is 13.8 Å². The fraction of sp³-hybridized carbons (Fsp3) is 1.00. The van der Waals surface area contributed by atoms with E-state index in [0.29, 0.717) is 18.1 Å². The molecule has 0 saturated carbocycles. The number of ether oxygens (including phenoxy) is 1. The van der Waals surface area contributed by atoms with Crippen LogP contribution in [-0.2, 0) is 4.74 Å². The molecule has 0 bridgehead atoms. The summed E-state index contributed by atoms with van der Waals surface area (Å²) in [6.45, 7) is 4.61. The number of hydrogen-bond donors (Lipinski definition) is 3. The summed E-state index contributed by atoms with van der Waals surface area (Å²) in [6, 6.07) is 0.549. The van der Waals surface area contributed by atoms with Gasteiger partial charge < -0.3 is 20.3 Å². The number of aliphatic hydroxyl groups excluding tert-OH is 2. The highest BCUT2D eigenvalue weighted by atomic mass is 16.5. The molecule has 0 aromatic heterocycles. The number of rotatable bonds is 4. The lowest BCUT2D eigenvalue weighted by Crippen LogP contribution is -2.43. The van der Waals surface area contributed by atoms with Crippen LogP contribution in [0.2, 0.25) is 0 Å². The lowest BCUT2D eigenvalue weighted by Gasteiger charge is -2.37. The Morgan fingerprint density at radius 2 is 1.94 bits per heavy atom. The van der Waals surface area contributed by atoms with E-state index >= 15 is 0 Å². The molecular weight excluding hydrogens is 206 g/mol. The Labute approximate surface area is 99.0 Å². The summed E-state index contributed by atoms with van der Waals surface area (Å²) < 4.78 is 5.92. The SMILES string of the molecule is CN[C@@H]1CC(C(C)C)O[C@H](CCO)C1.CO. The Bertz CT molecular complexity index is 164. The van der Waals surface area contributed by atoms with Gasteiger partial charge in [0.2, 0.25) is 0 Å². The van der Waals surface area contributed by atoms with Gasteiger partial charge in [-0.25, -0.2) is 0 Å². The molecule has 98 valence electrons. The fourth-order valence-corrected chi connectivity index (χ4v) is 2.05. The van der Waals surface area contributed by atoms with Crippen LogP contribution in [-0.4, -0.2) is 49.2 Å². The van der Waals surface area contributed by atoms with E-state index in [0.717, 1.165) is 26.4 Å². The van der Waals surface area contributed by atoms with Crippen LogP contribution in [0.5, 0.6) is 0 Å². The van der Waals surface area contributed by atoms with Gasteiger partial charge in [-0.05, 0) is 32.2 Å². The Morgan fingerprint density at radius 3 is 2.38 bits per heavy atom. The average molecular weight is 233 g/mol. The Morgan fingerprint density at radius 1 is 1.31 bits per heavy atom. The first-order valence-corrected chi connectivity index (χ1v) is 6.05. The van der Waals surface area contributed by atoms with E-state index in [1.807, 2.05) is 7.05 Å². The van der Waals surface area contributed by atoms with Gasteiger partial charge in [-0.15, -0.1) is 0 Å². The largest absolute Gasteiger partial charge is 0.400 e. The van der Waals surface area contributed by atoms with Crippen molar-refractivity contribution in [3.63, 3.8) is 0 Å². The van der Waals surface area contributed by atoms with Crippen molar-refractivity contribution in [3.05, 3.63) is 0 Å². The minimum Gasteiger partial charge on any atom is -0.400 e. The number of aliphatic hydroxyl groups is 2. The van der Waals surface area contributed by atoms with Gasteiger partial charge in [-0.3, -0.25) is 0 Å². The Balaban J connectivity index is 0.00000106. The average Bonchev–Trinajstić information content (AvgIpc) is 2.31. The zero-order valence-corrected chi connectivity index (χ0v) is 10.9. The number of hydrogen-bond acceptors (Lipinski definition) is 4. The molecule has 0 aromatic carbocycles. The van der Waals surface area contributed by atoms with Gasteiger partial charge in [0.15, 0.2) is 0 Å². The number of nitrogens with one attached hydrogen (secondary N) is 1. The Kier molecular flexibility index (Phi) is 8.84. The molecule has 1 rings (SSSR count). The molecule has 4 heteroatoms. The van der Waals surface area contributed by atoms with Gasteiger partial charge in [0, 0.05) is 19.8 Å². The van der Waals surface area contributed by atoms with Crippen molar-refractivity contribution in [1.82, 2.24) is 5.32 Å². The normalized spacial score (nSPS) is 29.8. The topological polar surface area (TPSA) is 61.7 Å². The molecule has 0 aromatic rings. The maximum Gasteiger partial charge on any atom is 0.0616 e. The van der Waals surface area contributed by atoms with E-state index in [1.54, 1.807) is 0 Å². The van der Waals surface area contributed by atoms with Crippen molar-refractivity contribution >= 4 is 0 Å².